The number of unbranched alkanes of at least 4 members (excludes halogenated alkanes) is 8. The van der Waals surface area contributed by atoms with Crippen molar-refractivity contribution in [1.29, 1.82) is 0 Å². The smallest absolute Gasteiger partial charge is 0.306 e. The van der Waals surface area contributed by atoms with E-state index in [0.717, 1.165) is 116 Å². The van der Waals surface area contributed by atoms with Gasteiger partial charge in [0, 0.05) is 19.3 Å². The maximum absolute atomic E-state index is 12.8. The van der Waals surface area contributed by atoms with Crippen molar-refractivity contribution < 1.29 is 28.6 Å². The fourth-order valence-electron chi connectivity index (χ4n) is 5.79. The zero-order chi connectivity index (χ0) is 46.5. The molecule has 0 bridgehead atoms. The molecule has 1 unspecified atom stereocenters. The van der Waals surface area contributed by atoms with Crippen LogP contribution in [-0.4, -0.2) is 37.2 Å². The molecule has 0 amide bonds. The molecule has 6 heteroatoms. The summed E-state index contributed by atoms with van der Waals surface area (Å²) in [4.78, 5) is 37.9. The van der Waals surface area contributed by atoms with Crippen LogP contribution in [0.25, 0.3) is 0 Å². The first kappa shape index (κ1) is 59.0. The first-order valence-corrected chi connectivity index (χ1v) is 24.6. The van der Waals surface area contributed by atoms with E-state index in [1.54, 1.807) is 0 Å². The largest absolute Gasteiger partial charge is 0.462 e. The molecule has 0 fully saturated rings. The second kappa shape index (κ2) is 50.7. The summed E-state index contributed by atoms with van der Waals surface area (Å²) >= 11 is 0. The van der Waals surface area contributed by atoms with Gasteiger partial charge in [-0.3, -0.25) is 14.4 Å². The average molecular weight is 879 g/mol. The number of allylic oxidation sites excluding steroid dienone is 26. The predicted molar refractivity (Wildman–Crippen MR) is 274 cm³/mol. The Morgan fingerprint density at radius 1 is 0.328 bits per heavy atom. The lowest BCUT2D eigenvalue weighted by molar-refractivity contribution is -0.167. The van der Waals surface area contributed by atoms with Crippen LogP contribution in [0.15, 0.2) is 158 Å². The zero-order valence-electron chi connectivity index (χ0n) is 40.2. The van der Waals surface area contributed by atoms with Crippen molar-refractivity contribution >= 4 is 17.9 Å². The molecule has 0 saturated heterocycles. The van der Waals surface area contributed by atoms with Gasteiger partial charge in [0.15, 0.2) is 6.10 Å². The van der Waals surface area contributed by atoms with E-state index in [-0.39, 0.29) is 44.0 Å². The van der Waals surface area contributed by atoms with Crippen molar-refractivity contribution in [3.63, 3.8) is 0 Å². The van der Waals surface area contributed by atoms with Crippen LogP contribution < -0.4 is 0 Å². The monoisotopic (exact) mass is 879 g/mol. The van der Waals surface area contributed by atoms with Gasteiger partial charge in [-0.15, -0.1) is 0 Å². The van der Waals surface area contributed by atoms with Crippen LogP contribution in [0, 0.1) is 0 Å². The van der Waals surface area contributed by atoms with E-state index in [4.69, 9.17) is 14.2 Å². The van der Waals surface area contributed by atoms with Gasteiger partial charge in [-0.25, -0.2) is 0 Å². The Hall–Kier alpha value is -4.97. The minimum atomic E-state index is -0.837. The first-order valence-electron chi connectivity index (χ1n) is 24.6. The molecule has 0 aromatic rings. The summed E-state index contributed by atoms with van der Waals surface area (Å²) in [6, 6.07) is 0. The van der Waals surface area contributed by atoms with Crippen molar-refractivity contribution in [3.05, 3.63) is 158 Å². The molecule has 0 heterocycles. The van der Waals surface area contributed by atoms with Crippen molar-refractivity contribution in [2.75, 3.05) is 13.2 Å². The second-order valence-electron chi connectivity index (χ2n) is 15.3. The van der Waals surface area contributed by atoms with Gasteiger partial charge in [-0.1, -0.05) is 192 Å². The highest BCUT2D eigenvalue weighted by Crippen LogP contribution is 2.10. The summed E-state index contributed by atoms with van der Waals surface area (Å²) < 4.78 is 16.7. The second-order valence-corrected chi connectivity index (χ2v) is 15.3. The fraction of sp³-hybridized carbons (Fsp3) is 0.500. The minimum absolute atomic E-state index is 0.133. The quantitative estimate of drug-likeness (QED) is 0.0200. The Balaban J connectivity index is 4.60. The Morgan fingerprint density at radius 2 is 0.641 bits per heavy atom. The van der Waals surface area contributed by atoms with Crippen LogP contribution in [0.4, 0.5) is 0 Å². The van der Waals surface area contributed by atoms with Crippen LogP contribution >= 0.6 is 0 Å². The van der Waals surface area contributed by atoms with Gasteiger partial charge in [0.05, 0.1) is 0 Å². The van der Waals surface area contributed by atoms with E-state index in [2.05, 4.69) is 130 Å². The Bertz CT molecular complexity index is 1520. The fourth-order valence-corrected chi connectivity index (χ4v) is 5.79. The van der Waals surface area contributed by atoms with Gasteiger partial charge in [-0.05, 0) is 116 Å². The third-order valence-electron chi connectivity index (χ3n) is 9.39. The van der Waals surface area contributed by atoms with Gasteiger partial charge in [0.2, 0.25) is 0 Å². The number of carbonyl (C=O) groups is 3. The predicted octanol–water partition coefficient (Wildman–Crippen LogP) is 16.2. The van der Waals surface area contributed by atoms with E-state index < -0.39 is 6.10 Å². The van der Waals surface area contributed by atoms with Gasteiger partial charge in [-0.2, -0.15) is 0 Å². The maximum Gasteiger partial charge on any atom is 0.306 e. The van der Waals surface area contributed by atoms with Gasteiger partial charge < -0.3 is 14.2 Å². The number of ether oxygens (including phenoxy) is 3. The Kier molecular flexibility index (Phi) is 46.7. The highest BCUT2D eigenvalue weighted by atomic mass is 16.6. The number of esters is 3. The number of rotatable bonds is 41. The Morgan fingerprint density at radius 3 is 1.06 bits per heavy atom. The number of hydrogen-bond acceptors (Lipinski definition) is 6. The number of hydrogen-bond donors (Lipinski definition) is 0. The molecule has 0 aromatic carbocycles. The molecule has 354 valence electrons. The lowest BCUT2D eigenvalue weighted by Gasteiger charge is -2.18. The molecule has 0 aliphatic carbocycles. The summed E-state index contributed by atoms with van der Waals surface area (Å²) in [6.07, 6.45) is 73.7. The van der Waals surface area contributed by atoms with Crippen LogP contribution in [0.1, 0.15) is 168 Å². The minimum Gasteiger partial charge on any atom is -0.462 e. The van der Waals surface area contributed by atoms with E-state index in [0.29, 0.717) is 19.3 Å². The highest BCUT2D eigenvalue weighted by Gasteiger charge is 2.19. The molecule has 0 saturated carbocycles. The molecule has 0 aromatic heterocycles. The molecular formula is C58H86O6. The maximum atomic E-state index is 12.8. The average Bonchev–Trinajstić information content (AvgIpc) is 3.29. The molecule has 6 nitrogen and oxygen atoms in total. The molecule has 0 radical (unpaired) electrons. The molecule has 0 rings (SSSR count). The SMILES string of the molecule is CC\C=C/C=C\C=C/C=C\C=C/CCCCCC(=O)OC(COC(=O)CCCC/C=C\C/C=C\C/C=C\CC)COC(=O)CCCCC/C=C\C/C=C\C/C=C\C/C=C\C/C=C\CC. The summed E-state index contributed by atoms with van der Waals surface area (Å²) in [6.45, 7) is 6.12. The number of carbonyl (C=O) groups excluding carboxylic acids is 3. The molecule has 0 aliphatic heterocycles. The van der Waals surface area contributed by atoms with E-state index >= 15 is 0 Å². The third-order valence-corrected chi connectivity index (χ3v) is 9.39. The van der Waals surface area contributed by atoms with E-state index in [9.17, 15) is 14.4 Å². The van der Waals surface area contributed by atoms with Gasteiger partial charge in [0.25, 0.3) is 0 Å². The van der Waals surface area contributed by atoms with Gasteiger partial charge in [0.1, 0.15) is 13.2 Å². The van der Waals surface area contributed by atoms with Crippen LogP contribution in [0.3, 0.4) is 0 Å². The standard InChI is InChI=1S/C58H86O6/c1-4-7-10-13-16-19-22-25-27-28-29-30-32-33-36-39-42-45-48-51-57(60)63-54-55(53-62-56(59)50-47-44-41-38-35-24-21-18-15-12-9-6-3)64-58(61)52-49-46-43-40-37-34-31-26-23-20-17-14-11-8-5-2/h7-12,14,16-21,23,25-27,29-31,33-38,55H,4-6,13,15,22,24,28,32,39-54H2,1-3H3/b10-7-,11-8-,12-9-,17-14-,19-16-,21-18-,23-20-,27-25-,30-29-,31-26-,36-33-,37-34-,38-35-. The van der Waals surface area contributed by atoms with Crippen LogP contribution in [-0.2, 0) is 28.6 Å². The van der Waals surface area contributed by atoms with E-state index in [1.165, 1.54) is 0 Å². The van der Waals surface area contributed by atoms with Crippen LogP contribution in [0.2, 0.25) is 0 Å². The topological polar surface area (TPSA) is 78.9 Å². The van der Waals surface area contributed by atoms with Crippen LogP contribution in [0.5, 0.6) is 0 Å². The molecule has 0 aliphatic rings. The highest BCUT2D eigenvalue weighted by molar-refractivity contribution is 5.71. The van der Waals surface area contributed by atoms with Crippen molar-refractivity contribution in [1.82, 2.24) is 0 Å². The summed E-state index contributed by atoms with van der Waals surface area (Å²) in [5, 5.41) is 0. The normalized spacial score (nSPS) is 13.5. The molecule has 0 N–H and O–H groups in total. The molecule has 0 spiro atoms. The van der Waals surface area contributed by atoms with Crippen molar-refractivity contribution in [2.24, 2.45) is 0 Å². The molecule has 1 atom stereocenters. The van der Waals surface area contributed by atoms with E-state index in [1.807, 2.05) is 48.6 Å². The van der Waals surface area contributed by atoms with Gasteiger partial charge >= 0.3 is 17.9 Å². The van der Waals surface area contributed by atoms with Crippen molar-refractivity contribution in [3.8, 4) is 0 Å². The van der Waals surface area contributed by atoms with Crippen molar-refractivity contribution in [2.45, 2.75) is 175 Å². The summed E-state index contributed by atoms with van der Waals surface area (Å²) in [5.74, 6) is -1.06. The zero-order valence-corrected chi connectivity index (χ0v) is 40.2. The molecular weight excluding hydrogens is 793 g/mol. The third kappa shape index (κ3) is 48.1. The summed E-state index contributed by atoms with van der Waals surface area (Å²) in [7, 11) is 0. The Labute approximate surface area is 390 Å². The first-order chi connectivity index (χ1) is 31.5. The molecule has 64 heavy (non-hydrogen) atoms. The lowest BCUT2D eigenvalue weighted by Crippen LogP contribution is -2.30. The summed E-state index contributed by atoms with van der Waals surface area (Å²) in [5.41, 5.74) is 0. The lowest BCUT2D eigenvalue weighted by atomic mass is 10.1.